The number of carbonyl (C=O) groups is 1. The van der Waals surface area contributed by atoms with Gasteiger partial charge in [-0.2, -0.15) is 0 Å². The zero-order valence-electron chi connectivity index (χ0n) is 12.1. The molecule has 5 nitrogen and oxygen atoms in total. The fourth-order valence-electron chi connectivity index (χ4n) is 2.27. The van der Waals surface area contributed by atoms with Gasteiger partial charge in [0.1, 0.15) is 0 Å². The number of alkyl halides is 2. The molecule has 0 aromatic heterocycles. The van der Waals surface area contributed by atoms with Crippen LogP contribution in [0, 0.1) is 0 Å². The Balaban J connectivity index is 1.86. The van der Waals surface area contributed by atoms with Crippen LogP contribution >= 0.6 is 0 Å². The molecular formula is C14H18F2N2O3S. The number of nitrogens with one attached hydrogen (secondary N) is 2. The molecule has 1 heterocycles. The lowest BCUT2D eigenvalue weighted by molar-refractivity contribution is -0.123. The molecule has 1 saturated heterocycles. The number of sulfone groups is 1. The van der Waals surface area contributed by atoms with Crippen molar-refractivity contribution in [1.82, 2.24) is 10.6 Å². The summed E-state index contributed by atoms with van der Waals surface area (Å²) in [5, 5.41) is 5.08. The van der Waals surface area contributed by atoms with Gasteiger partial charge in [0.05, 0.1) is 18.3 Å². The molecule has 22 heavy (non-hydrogen) atoms. The maximum Gasteiger partial charge on any atom is 0.262 e. The minimum Gasteiger partial charge on any atom is -0.351 e. The molecule has 1 aliphatic rings. The van der Waals surface area contributed by atoms with Crippen molar-refractivity contribution >= 4 is 15.7 Å². The molecule has 2 N–H and O–H groups in total. The van der Waals surface area contributed by atoms with Crippen molar-refractivity contribution in [3.63, 3.8) is 0 Å². The lowest BCUT2D eigenvalue weighted by atomic mass is 10.1. The van der Waals surface area contributed by atoms with Crippen LogP contribution in [0.25, 0.3) is 0 Å². The van der Waals surface area contributed by atoms with Crippen molar-refractivity contribution in [3.05, 3.63) is 35.4 Å². The third-order valence-electron chi connectivity index (χ3n) is 3.34. The van der Waals surface area contributed by atoms with Crippen molar-refractivity contribution in [1.29, 1.82) is 0 Å². The van der Waals surface area contributed by atoms with E-state index < -0.39 is 40.7 Å². The predicted octanol–water partition coefficient (Wildman–Crippen LogP) is 0.845. The highest BCUT2D eigenvalue weighted by Crippen LogP contribution is 2.25. The molecule has 8 heteroatoms. The van der Waals surface area contributed by atoms with Gasteiger partial charge < -0.3 is 5.32 Å². The number of hydrogen-bond donors (Lipinski definition) is 2. The van der Waals surface area contributed by atoms with Crippen LogP contribution in [0.5, 0.6) is 0 Å². The van der Waals surface area contributed by atoms with Crippen LogP contribution in [-0.4, -0.2) is 39.1 Å². The molecular weight excluding hydrogens is 314 g/mol. The van der Waals surface area contributed by atoms with Gasteiger partial charge in [0.15, 0.2) is 9.84 Å². The zero-order valence-corrected chi connectivity index (χ0v) is 12.9. The molecule has 1 unspecified atom stereocenters. The topological polar surface area (TPSA) is 75.3 Å². The fraction of sp³-hybridized carbons (Fsp3) is 0.500. The summed E-state index contributed by atoms with van der Waals surface area (Å²) in [6, 6.07) is 5.88. The molecule has 1 aromatic rings. The first-order valence-corrected chi connectivity index (χ1v) is 8.85. The molecule has 1 fully saturated rings. The SMILES string of the molecule is CS(=O)(=O)Cc1ccc(CNC(=O)C2CC(F)(F)CN2)cc1. The summed E-state index contributed by atoms with van der Waals surface area (Å²) in [5.41, 5.74) is 1.44. The molecule has 0 radical (unpaired) electrons. The third-order valence-corrected chi connectivity index (χ3v) is 4.20. The Morgan fingerprint density at radius 1 is 1.32 bits per heavy atom. The Labute approximate surface area is 128 Å². The minimum absolute atomic E-state index is 0.0410. The summed E-state index contributed by atoms with van der Waals surface area (Å²) in [7, 11) is -3.09. The third kappa shape index (κ3) is 5.03. The lowest BCUT2D eigenvalue weighted by Crippen LogP contribution is -2.40. The first kappa shape index (κ1) is 16.8. The molecule has 0 aliphatic carbocycles. The van der Waals surface area contributed by atoms with Gasteiger partial charge in [0, 0.05) is 19.2 Å². The first-order chi connectivity index (χ1) is 10.1. The summed E-state index contributed by atoms with van der Waals surface area (Å²) in [6.07, 6.45) is 0.664. The maximum absolute atomic E-state index is 13.0. The second-order valence-electron chi connectivity index (χ2n) is 5.60. The Bertz CT molecular complexity index is 645. The Morgan fingerprint density at radius 2 is 1.91 bits per heavy atom. The number of benzene rings is 1. The number of amides is 1. The molecule has 1 amide bonds. The van der Waals surface area contributed by atoms with Crippen LogP contribution in [0.3, 0.4) is 0 Å². The quantitative estimate of drug-likeness (QED) is 0.838. The van der Waals surface area contributed by atoms with Gasteiger partial charge >= 0.3 is 0 Å². The van der Waals surface area contributed by atoms with Crippen LogP contribution in [0.15, 0.2) is 24.3 Å². The molecule has 1 atom stereocenters. The summed E-state index contributed by atoms with van der Waals surface area (Å²) >= 11 is 0. The molecule has 1 aliphatic heterocycles. The highest BCUT2D eigenvalue weighted by atomic mass is 32.2. The van der Waals surface area contributed by atoms with Crippen LogP contribution in [0.4, 0.5) is 8.78 Å². The average molecular weight is 332 g/mol. The average Bonchev–Trinajstić information content (AvgIpc) is 2.76. The normalized spacial score (nSPS) is 20.8. The summed E-state index contributed by atoms with van der Waals surface area (Å²) in [5.74, 6) is -3.34. The Kier molecular flexibility index (Phi) is 4.81. The second kappa shape index (κ2) is 6.29. The molecule has 0 saturated carbocycles. The summed E-state index contributed by atoms with van der Waals surface area (Å²) in [4.78, 5) is 11.8. The van der Waals surface area contributed by atoms with Gasteiger partial charge in [-0.1, -0.05) is 24.3 Å². The minimum atomic E-state index is -3.09. The van der Waals surface area contributed by atoms with Crippen LogP contribution in [0.2, 0.25) is 0 Å². The first-order valence-electron chi connectivity index (χ1n) is 6.79. The van der Waals surface area contributed by atoms with E-state index in [1.807, 2.05) is 0 Å². The Morgan fingerprint density at radius 3 is 2.41 bits per heavy atom. The van der Waals surface area contributed by atoms with Gasteiger partial charge in [0.2, 0.25) is 5.91 Å². The maximum atomic E-state index is 13.0. The molecule has 1 aromatic carbocycles. The van der Waals surface area contributed by atoms with Gasteiger partial charge in [0.25, 0.3) is 5.92 Å². The van der Waals surface area contributed by atoms with E-state index in [2.05, 4.69) is 10.6 Å². The van der Waals surface area contributed by atoms with E-state index in [4.69, 9.17) is 0 Å². The lowest BCUT2D eigenvalue weighted by Gasteiger charge is -2.11. The van der Waals surface area contributed by atoms with E-state index in [0.29, 0.717) is 5.56 Å². The predicted molar refractivity (Wildman–Crippen MR) is 78.2 cm³/mol. The Hall–Kier alpha value is -1.54. The molecule has 2 rings (SSSR count). The summed E-state index contributed by atoms with van der Waals surface area (Å²) < 4.78 is 48.4. The van der Waals surface area contributed by atoms with Crippen LogP contribution in [-0.2, 0) is 26.9 Å². The standard InChI is InChI=1S/C14H18F2N2O3S/c1-22(20,21)8-11-4-2-10(3-5-11)7-17-13(19)12-6-14(15,16)9-18-12/h2-5,12,18H,6-9H2,1H3,(H,17,19). The molecule has 0 bridgehead atoms. The van der Waals surface area contributed by atoms with E-state index in [1.54, 1.807) is 24.3 Å². The molecule has 0 spiro atoms. The van der Waals surface area contributed by atoms with E-state index in [0.717, 1.165) is 11.8 Å². The van der Waals surface area contributed by atoms with Crippen LogP contribution in [0.1, 0.15) is 17.5 Å². The number of carbonyl (C=O) groups excluding carboxylic acids is 1. The van der Waals surface area contributed by atoms with Gasteiger partial charge in [-0.05, 0) is 11.1 Å². The monoisotopic (exact) mass is 332 g/mol. The molecule has 122 valence electrons. The smallest absolute Gasteiger partial charge is 0.262 e. The van der Waals surface area contributed by atoms with Crippen molar-refractivity contribution in [2.24, 2.45) is 0 Å². The summed E-state index contributed by atoms with van der Waals surface area (Å²) in [6.45, 7) is -0.271. The van der Waals surface area contributed by atoms with E-state index in [-0.39, 0.29) is 12.3 Å². The number of rotatable bonds is 5. The van der Waals surface area contributed by atoms with Crippen molar-refractivity contribution < 1.29 is 22.0 Å². The van der Waals surface area contributed by atoms with E-state index in [9.17, 15) is 22.0 Å². The number of halogens is 2. The highest BCUT2D eigenvalue weighted by molar-refractivity contribution is 7.89. The van der Waals surface area contributed by atoms with E-state index >= 15 is 0 Å². The van der Waals surface area contributed by atoms with Gasteiger partial charge in [-0.15, -0.1) is 0 Å². The van der Waals surface area contributed by atoms with Crippen molar-refractivity contribution in [2.45, 2.75) is 30.7 Å². The number of hydrogen-bond acceptors (Lipinski definition) is 4. The van der Waals surface area contributed by atoms with Gasteiger partial charge in [-0.3, -0.25) is 10.1 Å². The van der Waals surface area contributed by atoms with Crippen molar-refractivity contribution in [3.8, 4) is 0 Å². The van der Waals surface area contributed by atoms with Crippen molar-refractivity contribution in [2.75, 3.05) is 12.8 Å². The fourth-order valence-corrected chi connectivity index (χ4v) is 3.07. The second-order valence-corrected chi connectivity index (χ2v) is 7.74. The largest absolute Gasteiger partial charge is 0.351 e. The van der Waals surface area contributed by atoms with E-state index in [1.165, 1.54) is 0 Å². The van der Waals surface area contributed by atoms with Crippen LogP contribution < -0.4 is 10.6 Å². The van der Waals surface area contributed by atoms with Gasteiger partial charge in [-0.25, -0.2) is 17.2 Å². The zero-order chi connectivity index (χ0) is 16.4. The highest BCUT2D eigenvalue weighted by Gasteiger charge is 2.42.